The molecule has 0 aromatic heterocycles. The van der Waals surface area contributed by atoms with Crippen molar-refractivity contribution < 1.29 is 23.8 Å². The maximum Gasteiger partial charge on any atom is 0.396 e. The maximum atomic E-state index is 11.3. The second-order valence-electron chi connectivity index (χ2n) is 5.62. The van der Waals surface area contributed by atoms with Gasteiger partial charge in [0.1, 0.15) is 5.75 Å². The molecule has 0 radical (unpaired) electrons. The number of carbonyl (C=O) groups excluding carboxylic acids is 2. The summed E-state index contributed by atoms with van der Waals surface area (Å²) in [7, 11) is 2.71. The summed E-state index contributed by atoms with van der Waals surface area (Å²) in [6.45, 7) is 1.76. The van der Waals surface area contributed by atoms with Gasteiger partial charge in [-0.05, 0) is 32.3 Å². The molecule has 4 rings (SSSR count). The highest BCUT2D eigenvalue weighted by atomic mass is 16.5. The van der Waals surface area contributed by atoms with Gasteiger partial charge in [0, 0.05) is 5.56 Å². The van der Waals surface area contributed by atoms with Crippen molar-refractivity contribution in [2.24, 2.45) is 0 Å². The topological polar surface area (TPSA) is 73.9 Å². The highest BCUT2D eigenvalue weighted by Gasteiger charge is 2.36. The first-order chi connectivity index (χ1) is 11.0. The lowest BCUT2D eigenvalue weighted by Gasteiger charge is -2.23. The highest BCUT2D eigenvalue weighted by Crippen LogP contribution is 2.36. The number of esters is 1. The number of rotatable bonds is 3. The normalized spacial score (nSPS) is 22.0. The fourth-order valence-electron chi connectivity index (χ4n) is 2.75. The predicted octanol–water partition coefficient (Wildman–Crippen LogP) is 1.98. The summed E-state index contributed by atoms with van der Waals surface area (Å²) in [6, 6.07) is 6.94. The molecular weight excluding hydrogens is 298 g/mol. The van der Waals surface area contributed by atoms with E-state index >= 15 is 0 Å². The van der Waals surface area contributed by atoms with Crippen molar-refractivity contribution >= 4 is 11.9 Å². The van der Waals surface area contributed by atoms with Crippen molar-refractivity contribution in [3.63, 3.8) is 0 Å². The lowest BCUT2D eigenvalue weighted by molar-refractivity contribution is -0.153. The molecule has 3 atom stereocenters. The van der Waals surface area contributed by atoms with E-state index in [1.807, 2.05) is 18.2 Å². The van der Waals surface area contributed by atoms with Gasteiger partial charge in [0.25, 0.3) is 0 Å². The van der Waals surface area contributed by atoms with Crippen LogP contribution in [0.1, 0.15) is 37.8 Å². The van der Waals surface area contributed by atoms with Gasteiger partial charge in [0.15, 0.2) is 0 Å². The van der Waals surface area contributed by atoms with Gasteiger partial charge in [0.05, 0.1) is 32.5 Å². The average molecular weight is 321 g/mol. The Balaban J connectivity index is 0.000000260. The van der Waals surface area contributed by atoms with Crippen molar-refractivity contribution in [1.82, 2.24) is 5.32 Å². The van der Waals surface area contributed by atoms with Crippen LogP contribution in [0.2, 0.25) is 0 Å². The summed E-state index contributed by atoms with van der Waals surface area (Å²) in [4.78, 5) is 22.3. The zero-order chi connectivity index (χ0) is 16.8. The smallest absolute Gasteiger partial charge is 0.396 e. The molecule has 3 fully saturated rings. The van der Waals surface area contributed by atoms with Crippen molar-refractivity contribution in [2.45, 2.75) is 44.4 Å². The maximum absolute atomic E-state index is 11.3. The first-order valence-corrected chi connectivity index (χ1v) is 7.72. The first-order valence-electron chi connectivity index (χ1n) is 7.72. The van der Waals surface area contributed by atoms with Gasteiger partial charge in [-0.2, -0.15) is 0 Å². The van der Waals surface area contributed by atoms with Crippen LogP contribution in [0.25, 0.3) is 0 Å². The molecule has 1 aromatic carbocycles. The molecular formula is C17H23NO5. The number of ether oxygens (including phenoxy) is 3. The third-order valence-electron chi connectivity index (χ3n) is 4.05. The van der Waals surface area contributed by atoms with Crippen molar-refractivity contribution in [3.8, 4) is 5.75 Å². The van der Waals surface area contributed by atoms with Crippen LogP contribution >= 0.6 is 0 Å². The minimum atomic E-state index is -0.910. The number of nitrogens with one attached hydrogen (secondary N) is 1. The number of benzene rings is 1. The third-order valence-corrected chi connectivity index (χ3v) is 4.05. The van der Waals surface area contributed by atoms with Crippen LogP contribution in [0, 0.1) is 0 Å². The summed E-state index contributed by atoms with van der Waals surface area (Å²) in [5, 5.41) is 2.53. The van der Waals surface area contributed by atoms with Crippen LogP contribution in [0.5, 0.6) is 5.75 Å². The van der Waals surface area contributed by atoms with E-state index in [2.05, 4.69) is 10.1 Å². The number of hydrogen-bond donors (Lipinski definition) is 1. The van der Waals surface area contributed by atoms with Gasteiger partial charge in [-0.1, -0.05) is 18.2 Å². The van der Waals surface area contributed by atoms with Crippen LogP contribution in [-0.4, -0.2) is 38.3 Å². The second kappa shape index (κ2) is 7.97. The molecule has 6 nitrogen and oxygen atoms in total. The zero-order valence-electron chi connectivity index (χ0n) is 13.7. The van der Waals surface area contributed by atoms with Crippen LogP contribution in [0.4, 0.5) is 0 Å². The van der Waals surface area contributed by atoms with E-state index in [9.17, 15) is 9.59 Å². The Hall–Kier alpha value is -2.08. The highest BCUT2D eigenvalue weighted by molar-refractivity contribution is 6.32. The van der Waals surface area contributed by atoms with Gasteiger partial charge < -0.3 is 19.5 Å². The van der Waals surface area contributed by atoms with Crippen LogP contribution < -0.4 is 10.1 Å². The Morgan fingerprint density at radius 2 is 1.83 bits per heavy atom. The minimum Gasteiger partial charge on any atom is -0.496 e. The summed E-state index contributed by atoms with van der Waals surface area (Å²) < 4.78 is 14.7. The van der Waals surface area contributed by atoms with E-state index in [0.29, 0.717) is 18.0 Å². The summed E-state index contributed by atoms with van der Waals surface area (Å²) in [6.07, 6.45) is 5.42. The number of fused-ring (bicyclic) bond motifs is 1. The standard InChI is InChI=1S/C12H15NO4.C5H8O/c1-8(13-11(14)12(15)17-3)9-6-4-5-7-10(9)16-2;1-2-5-3-4(1)6-5/h4-8H,1-3H3,(H,13,14);4-5H,1-3H2. The molecule has 1 N–H and O–H groups in total. The monoisotopic (exact) mass is 321 g/mol. The van der Waals surface area contributed by atoms with Gasteiger partial charge in [-0.3, -0.25) is 4.79 Å². The van der Waals surface area contributed by atoms with E-state index < -0.39 is 11.9 Å². The van der Waals surface area contributed by atoms with E-state index in [0.717, 1.165) is 12.7 Å². The molecule has 1 saturated carbocycles. The molecule has 1 aliphatic carbocycles. The molecule has 2 bridgehead atoms. The molecule has 3 aliphatic rings. The number of carbonyl (C=O) groups is 2. The van der Waals surface area contributed by atoms with E-state index in [1.165, 1.54) is 19.3 Å². The van der Waals surface area contributed by atoms with Crippen molar-refractivity contribution in [1.29, 1.82) is 0 Å². The average Bonchev–Trinajstić information content (AvgIpc) is 3.19. The fourth-order valence-corrected chi connectivity index (χ4v) is 2.75. The molecule has 6 heteroatoms. The Morgan fingerprint density at radius 1 is 1.22 bits per heavy atom. The Kier molecular flexibility index (Phi) is 5.98. The lowest BCUT2D eigenvalue weighted by Crippen LogP contribution is -2.33. The predicted molar refractivity (Wildman–Crippen MR) is 84.1 cm³/mol. The molecule has 1 amide bonds. The van der Waals surface area contributed by atoms with E-state index in [1.54, 1.807) is 20.1 Å². The van der Waals surface area contributed by atoms with Crippen molar-refractivity contribution in [3.05, 3.63) is 29.8 Å². The second-order valence-corrected chi connectivity index (χ2v) is 5.62. The lowest BCUT2D eigenvalue weighted by atomic mass is 10.1. The van der Waals surface area contributed by atoms with Crippen LogP contribution in [-0.2, 0) is 19.1 Å². The number of amides is 1. The van der Waals surface area contributed by atoms with E-state index in [-0.39, 0.29) is 6.04 Å². The van der Waals surface area contributed by atoms with E-state index in [4.69, 9.17) is 9.47 Å². The molecule has 0 spiro atoms. The zero-order valence-corrected chi connectivity index (χ0v) is 13.7. The Morgan fingerprint density at radius 3 is 2.30 bits per heavy atom. The van der Waals surface area contributed by atoms with Gasteiger partial charge in [0.2, 0.25) is 0 Å². The molecule has 3 unspecified atom stereocenters. The minimum absolute atomic E-state index is 0.335. The molecule has 1 aromatic rings. The van der Waals surface area contributed by atoms with Crippen LogP contribution in [0.3, 0.4) is 0 Å². The molecule has 2 aliphatic heterocycles. The molecule has 2 saturated heterocycles. The summed E-state index contributed by atoms with van der Waals surface area (Å²) in [5.74, 6) is -1.03. The Labute approximate surface area is 136 Å². The van der Waals surface area contributed by atoms with Crippen LogP contribution in [0.15, 0.2) is 24.3 Å². The van der Waals surface area contributed by atoms with Gasteiger partial charge in [-0.25, -0.2) is 4.79 Å². The largest absolute Gasteiger partial charge is 0.496 e. The Bertz CT molecular complexity index is 540. The molecule has 126 valence electrons. The SMILES string of the molecule is C1CC2CC1O2.COC(=O)C(=O)NC(C)c1ccccc1OC. The number of hydrogen-bond acceptors (Lipinski definition) is 5. The number of para-hydroxylation sites is 1. The van der Waals surface area contributed by atoms with Gasteiger partial charge >= 0.3 is 11.9 Å². The molecule has 23 heavy (non-hydrogen) atoms. The molecule has 2 heterocycles. The third kappa shape index (κ3) is 4.45. The first kappa shape index (κ1) is 17.3. The summed E-state index contributed by atoms with van der Waals surface area (Å²) in [5.41, 5.74) is 0.798. The summed E-state index contributed by atoms with van der Waals surface area (Å²) >= 11 is 0. The number of methoxy groups -OCH3 is 2. The quantitative estimate of drug-likeness (QED) is 0.681. The van der Waals surface area contributed by atoms with Gasteiger partial charge in [-0.15, -0.1) is 0 Å². The fraction of sp³-hybridized carbons (Fsp3) is 0.529. The van der Waals surface area contributed by atoms with Crippen molar-refractivity contribution in [2.75, 3.05) is 14.2 Å².